The van der Waals surface area contributed by atoms with Gasteiger partial charge in [-0.25, -0.2) is 4.99 Å². The topological polar surface area (TPSA) is 96.9 Å². The molecule has 8 heteroatoms. The molecule has 8 nitrogen and oxygen atoms in total. The van der Waals surface area contributed by atoms with Gasteiger partial charge in [-0.2, -0.15) is 0 Å². The van der Waals surface area contributed by atoms with E-state index in [1.807, 2.05) is 39.0 Å². The summed E-state index contributed by atoms with van der Waals surface area (Å²) in [5.74, 6) is 1.90. The zero-order valence-electron chi connectivity index (χ0n) is 17.9. The van der Waals surface area contributed by atoms with Crippen LogP contribution in [0.3, 0.4) is 0 Å². The lowest BCUT2D eigenvalue weighted by atomic mass is 10.1. The first-order valence-corrected chi connectivity index (χ1v) is 10.3. The van der Waals surface area contributed by atoms with Crippen molar-refractivity contribution < 1.29 is 14.3 Å². The number of ether oxygens (including phenoxy) is 2. The van der Waals surface area contributed by atoms with Crippen LogP contribution in [0.5, 0.6) is 11.5 Å². The van der Waals surface area contributed by atoms with E-state index in [9.17, 15) is 4.79 Å². The van der Waals surface area contributed by atoms with Gasteiger partial charge in [0.15, 0.2) is 17.5 Å². The Labute approximate surface area is 178 Å². The van der Waals surface area contributed by atoms with E-state index in [1.54, 1.807) is 24.5 Å². The van der Waals surface area contributed by atoms with Gasteiger partial charge in [0.25, 0.3) is 0 Å². The second kappa shape index (κ2) is 13.0. The zero-order chi connectivity index (χ0) is 21.6. The molecule has 0 bridgehead atoms. The first-order valence-electron chi connectivity index (χ1n) is 10.3. The zero-order valence-corrected chi connectivity index (χ0v) is 17.9. The highest BCUT2D eigenvalue weighted by Gasteiger charge is 2.07. The molecular weight excluding hydrogens is 382 g/mol. The van der Waals surface area contributed by atoms with Crippen LogP contribution < -0.4 is 25.4 Å². The van der Waals surface area contributed by atoms with Crippen LogP contribution in [0, 0.1) is 0 Å². The highest BCUT2D eigenvalue weighted by Crippen LogP contribution is 2.28. The van der Waals surface area contributed by atoms with Gasteiger partial charge in [0.1, 0.15) is 6.54 Å². The Morgan fingerprint density at radius 3 is 2.57 bits per heavy atom. The molecule has 2 aromatic rings. The van der Waals surface area contributed by atoms with Crippen LogP contribution in [0.15, 0.2) is 47.7 Å². The SMILES string of the molecule is CCNC(=NCC(=O)Nc1cccnc1)NCCc1ccc(OCC)c(OCC)c1. The number of rotatable bonds is 11. The van der Waals surface area contributed by atoms with Crippen molar-refractivity contribution in [1.82, 2.24) is 15.6 Å². The van der Waals surface area contributed by atoms with Crippen molar-refractivity contribution >= 4 is 17.6 Å². The fraction of sp³-hybridized carbons (Fsp3) is 0.409. The molecule has 0 fully saturated rings. The molecule has 1 aromatic heterocycles. The maximum atomic E-state index is 12.1. The van der Waals surface area contributed by atoms with Crippen LogP contribution >= 0.6 is 0 Å². The van der Waals surface area contributed by atoms with Gasteiger partial charge in [0.05, 0.1) is 25.1 Å². The predicted molar refractivity (Wildman–Crippen MR) is 119 cm³/mol. The van der Waals surface area contributed by atoms with E-state index in [2.05, 4.69) is 25.9 Å². The van der Waals surface area contributed by atoms with Crippen molar-refractivity contribution in [1.29, 1.82) is 0 Å². The number of benzene rings is 1. The summed E-state index contributed by atoms with van der Waals surface area (Å²) in [5.41, 5.74) is 1.77. The Hall–Kier alpha value is -3.29. The summed E-state index contributed by atoms with van der Waals surface area (Å²) in [5, 5.41) is 9.17. The van der Waals surface area contributed by atoms with E-state index in [0.717, 1.165) is 23.5 Å². The van der Waals surface area contributed by atoms with Gasteiger partial charge < -0.3 is 25.4 Å². The van der Waals surface area contributed by atoms with Crippen LogP contribution in [0.1, 0.15) is 26.3 Å². The molecule has 0 unspecified atom stereocenters. The average Bonchev–Trinajstić information content (AvgIpc) is 2.75. The molecule has 0 saturated carbocycles. The van der Waals surface area contributed by atoms with Gasteiger partial charge >= 0.3 is 0 Å². The third kappa shape index (κ3) is 7.98. The van der Waals surface area contributed by atoms with Crippen molar-refractivity contribution in [3.05, 3.63) is 48.3 Å². The van der Waals surface area contributed by atoms with Crippen molar-refractivity contribution in [3.63, 3.8) is 0 Å². The van der Waals surface area contributed by atoms with Crippen LogP contribution in [0.25, 0.3) is 0 Å². The van der Waals surface area contributed by atoms with Gasteiger partial charge in [-0.15, -0.1) is 0 Å². The lowest BCUT2D eigenvalue weighted by molar-refractivity contribution is -0.114. The molecule has 1 aromatic carbocycles. The number of aliphatic imine (C=N–C) groups is 1. The third-order valence-corrected chi connectivity index (χ3v) is 3.98. The first kappa shape index (κ1) is 23.0. The van der Waals surface area contributed by atoms with E-state index >= 15 is 0 Å². The minimum absolute atomic E-state index is 0.0156. The molecule has 1 amide bonds. The average molecular weight is 414 g/mol. The van der Waals surface area contributed by atoms with Gasteiger partial charge in [-0.1, -0.05) is 6.07 Å². The molecule has 3 N–H and O–H groups in total. The van der Waals surface area contributed by atoms with Gasteiger partial charge in [0.2, 0.25) is 5.91 Å². The Morgan fingerprint density at radius 2 is 1.87 bits per heavy atom. The van der Waals surface area contributed by atoms with Crippen molar-refractivity contribution in [2.45, 2.75) is 27.2 Å². The summed E-state index contributed by atoms with van der Waals surface area (Å²) in [7, 11) is 0. The molecule has 1 heterocycles. The highest BCUT2D eigenvalue weighted by atomic mass is 16.5. The van der Waals surface area contributed by atoms with E-state index in [1.165, 1.54) is 0 Å². The second-order valence-electron chi connectivity index (χ2n) is 6.31. The first-order chi connectivity index (χ1) is 14.7. The Balaban J connectivity index is 1.88. The number of carbonyl (C=O) groups is 1. The van der Waals surface area contributed by atoms with E-state index in [-0.39, 0.29) is 12.5 Å². The Morgan fingerprint density at radius 1 is 1.07 bits per heavy atom. The van der Waals surface area contributed by atoms with Crippen molar-refractivity contribution in [2.24, 2.45) is 4.99 Å². The predicted octanol–water partition coefficient (Wildman–Crippen LogP) is 2.62. The van der Waals surface area contributed by atoms with Crippen LogP contribution in [0.4, 0.5) is 5.69 Å². The summed E-state index contributed by atoms with van der Waals surface area (Å²) in [6, 6.07) is 9.52. The molecule has 0 atom stereocenters. The van der Waals surface area contributed by atoms with Crippen molar-refractivity contribution in [3.8, 4) is 11.5 Å². The Kier molecular flexibility index (Phi) is 9.99. The number of pyridine rings is 1. The largest absolute Gasteiger partial charge is 0.490 e. The molecule has 0 radical (unpaired) electrons. The number of anilines is 1. The van der Waals surface area contributed by atoms with Crippen molar-refractivity contribution in [2.75, 3.05) is 38.2 Å². The number of carbonyl (C=O) groups excluding carboxylic acids is 1. The van der Waals surface area contributed by atoms with Gasteiger partial charge in [-0.3, -0.25) is 9.78 Å². The van der Waals surface area contributed by atoms with E-state index < -0.39 is 0 Å². The fourth-order valence-electron chi connectivity index (χ4n) is 2.71. The molecule has 162 valence electrons. The molecule has 0 aliphatic rings. The summed E-state index contributed by atoms with van der Waals surface area (Å²) >= 11 is 0. The standard InChI is InChI=1S/C22H31N5O3/c1-4-24-22(26-16-21(28)27-18-8-7-12-23-15-18)25-13-11-17-9-10-19(29-5-2)20(14-17)30-6-3/h7-10,12,14-15H,4-6,11,13,16H2,1-3H3,(H,27,28)(H2,24,25,26). The maximum absolute atomic E-state index is 12.1. The molecule has 0 saturated heterocycles. The maximum Gasteiger partial charge on any atom is 0.246 e. The smallest absolute Gasteiger partial charge is 0.246 e. The summed E-state index contributed by atoms with van der Waals surface area (Å²) in [4.78, 5) is 20.4. The fourth-order valence-corrected chi connectivity index (χ4v) is 2.71. The minimum Gasteiger partial charge on any atom is -0.490 e. The number of aromatic nitrogens is 1. The highest BCUT2D eigenvalue weighted by molar-refractivity contribution is 5.93. The molecular formula is C22H31N5O3. The lowest BCUT2D eigenvalue weighted by Crippen LogP contribution is -2.39. The monoisotopic (exact) mass is 413 g/mol. The quantitative estimate of drug-likeness (QED) is 0.387. The Bertz CT molecular complexity index is 812. The minimum atomic E-state index is -0.201. The molecule has 0 aliphatic heterocycles. The lowest BCUT2D eigenvalue weighted by Gasteiger charge is -2.14. The van der Waals surface area contributed by atoms with Crippen LogP contribution in [-0.2, 0) is 11.2 Å². The normalized spacial score (nSPS) is 11.0. The molecule has 0 spiro atoms. The number of guanidine groups is 1. The number of hydrogen-bond acceptors (Lipinski definition) is 5. The third-order valence-electron chi connectivity index (χ3n) is 3.98. The summed E-state index contributed by atoms with van der Waals surface area (Å²) < 4.78 is 11.3. The molecule has 0 aliphatic carbocycles. The van der Waals surface area contributed by atoms with E-state index in [0.29, 0.717) is 38.0 Å². The molecule has 2 rings (SSSR count). The molecule has 30 heavy (non-hydrogen) atoms. The summed E-state index contributed by atoms with van der Waals surface area (Å²) in [6.45, 7) is 8.44. The van der Waals surface area contributed by atoms with Gasteiger partial charge in [0, 0.05) is 19.3 Å². The van der Waals surface area contributed by atoms with Crippen LogP contribution in [0.2, 0.25) is 0 Å². The van der Waals surface area contributed by atoms with Gasteiger partial charge in [-0.05, 0) is 57.0 Å². The number of nitrogens with zero attached hydrogens (tertiary/aromatic N) is 2. The second-order valence-corrected chi connectivity index (χ2v) is 6.31. The summed E-state index contributed by atoms with van der Waals surface area (Å²) in [6.07, 6.45) is 4.03. The van der Waals surface area contributed by atoms with E-state index in [4.69, 9.17) is 9.47 Å². The number of nitrogens with one attached hydrogen (secondary N) is 3. The number of amides is 1. The number of hydrogen-bond donors (Lipinski definition) is 3. The van der Waals surface area contributed by atoms with Crippen LogP contribution in [-0.4, -0.2) is 49.7 Å².